The molecule has 6 heteroatoms. The van der Waals surface area contributed by atoms with Gasteiger partial charge in [0.25, 0.3) is 0 Å². The Hall–Kier alpha value is -2.73. The molecule has 0 fully saturated rings. The van der Waals surface area contributed by atoms with E-state index in [2.05, 4.69) is 70.4 Å². The number of aryl methyl sites for hydroxylation is 2. The number of hydrogen-bond donors (Lipinski definition) is 0. The number of imidazole rings is 1. The van der Waals surface area contributed by atoms with Crippen LogP contribution >= 0.6 is 11.8 Å². The third-order valence-electron chi connectivity index (χ3n) is 5.00. The predicted octanol–water partition coefficient (Wildman–Crippen LogP) is 6.29. The van der Waals surface area contributed by atoms with Crippen LogP contribution in [0.3, 0.4) is 0 Å². The van der Waals surface area contributed by atoms with Crippen LogP contribution in [0.2, 0.25) is 0 Å². The summed E-state index contributed by atoms with van der Waals surface area (Å²) in [6, 6.07) is 12.8. The van der Waals surface area contributed by atoms with Crippen molar-refractivity contribution < 1.29 is 0 Å². The Balaban J connectivity index is 1.73. The summed E-state index contributed by atoms with van der Waals surface area (Å²) in [7, 11) is 2.02. The summed E-state index contributed by atoms with van der Waals surface area (Å²) in [5.74, 6) is 0.384. The Labute approximate surface area is 183 Å². The summed E-state index contributed by atoms with van der Waals surface area (Å²) < 4.78 is 2.05. The second kappa shape index (κ2) is 10.3. The SMILES string of the molecule is CC/C(C)=N\N=C\C[C@@H](C)c1ccc(-c2ncn(C)c2Sc2ccc(C)cn2)cc1. The number of pyridine rings is 1. The molecule has 0 unspecified atom stereocenters. The predicted molar refractivity (Wildman–Crippen MR) is 127 cm³/mol. The molecule has 0 aliphatic rings. The van der Waals surface area contributed by atoms with Gasteiger partial charge >= 0.3 is 0 Å². The Morgan fingerprint density at radius 2 is 1.93 bits per heavy atom. The lowest BCUT2D eigenvalue weighted by molar-refractivity contribution is 0.811. The maximum atomic E-state index is 4.64. The number of aromatic nitrogens is 3. The smallest absolute Gasteiger partial charge is 0.109 e. The first-order valence-corrected chi connectivity index (χ1v) is 11.1. The number of nitrogens with zero attached hydrogens (tertiary/aromatic N) is 5. The Morgan fingerprint density at radius 3 is 2.60 bits per heavy atom. The lowest BCUT2D eigenvalue weighted by Gasteiger charge is -2.10. The van der Waals surface area contributed by atoms with Gasteiger partial charge in [-0.3, -0.25) is 0 Å². The summed E-state index contributed by atoms with van der Waals surface area (Å²) in [5.41, 5.74) is 5.58. The quantitative estimate of drug-likeness (QED) is 0.318. The number of benzene rings is 1. The van der Waals surface area contributed by atoms with E-state index in [1.807, 2.05) is 44.2 Å². The molecule has 0 aliphatic heterocycles. The summed E-state index contributed by atoms with van der Waals surface area (Å²) in [5, 5.41) is 10.4. The van der Waals surface area contributed by atoms with Gasteiger partial charge in [-0.15, -0.1) is 0 Å². The molecule has 1 atom stereocenters. The fourth-order valence-corrected chi connectivity index (χ4v) is 3.77. The first kappa shape index (κ1) is 22.0. The largest absolute Gasteiger partial charge is 0.328 e. The second-order valence-electron chi connectivity index (χ2n) is 7.53. The number of rotatable bonds is 8. The van der Waals surface area contributed by atoms with Gasteiger partial charge in [-0.2, -0.15) is 10.2 Å². The van der Waals surface area contributed by atoms with E-state index in [1.54, 1.807) is 11.8 Å². The molecule has 3 rings (SSSR count). The van der Waals surface area contributed by atoms with E-state index in [1.165, 1.54) is 5.56 Å². The van der Waals surface area contributed by atoms with Crippen LogP contribution in [0.5, 0.6) is 0 Å². The molecule has 5 nitrogen and oxygen atoms in total. The lowest BCUT2D eigenvalue weighted by Crippen LogP contribution is -1.95. The maximum Gasteiger partial charge on any atom is 0.109 e. The summed E-state index contributed by atoms with van der Waals surface area (Å²) >= 11 is 1.64. The average molecular weight is 420 g/mol. The van der Waals surface area contributed by atoms with Crippen molar-refractivity contribution in [3.63, 3.8) is 0 Å². The van der Waals surface area contributed by atoms with Crippen LogP contribution in [-0.4, -0.2) is 26.5 Å². The highest BCUT2D eigenvalue weighted by molar-refractivity contribution is 7.99. The van der Waals surface area contributed by atoms with Gasteiger partial charge in [-0.25, -0.2) is 9.97 Å². The Bertz CT molecular complexity index is 1020. The minimum Gasteiger partial charge on any atom is -0.328 e. The van der Waals surface area contributed by atoms with Gasteiger partial charge in [0.15, 0.2) is 0 Å². The van der Waals surface area contributed by atoms with Gasteiger partial charge in [-0.1, -0.05) is 44.2 Å². The molecule has 2 heterocycles. The van der Waals surface area contributed by atoms with E-state index in [0.29, 0.717) is 5.92 Å². The molecule has 1 aromatic carbocycles. The molecule has 0 aliphatic carbocycles. The molecule has 30 heavy (non-hydrogen) atoms. The van der Waals surface area contributed by atoms with E-state index >= 15 is 0 Å². The lowest BCUT2D eigenvalue weighted by atomic mass is 9.97. The van der Waals surface area contributed by atoms with Crippen LogP contribution in [-0.2, 0) is 7.05 Å². The van der Waals surface area contributed by atoms with Crippen molar-refractivity contribution in [2.75, 3.05) is 0 Å². The highest BCUT2D eigenvalue weighted by atomic mass is 32.2. The van der Waals surface area contributed by atoms with Crippen molar-refractivity contribution in [1.82, 2.24) is 14.5 Å². The molecule has 0 bridgehead atoms. The zero-order chi connectivity index (χ0) is 21.5. The van der Waals surface area contributed by atoms with Crippen LogP contribution in [0.4, 0.5) is 0 Å². The van der Waals surface area contributed by atoms with Gasteiger partial charge in [0.05, 0.1) is 6.33 Å². The van der Waals surface area contributed by atoms with E-state index in [0.717, 1.165) is 45.4 Å². The minimum atomic E-state index is 0.384. The summed E-state index contributed by atoms with van der Waals surface area (Å²) in [6.45, 7) is 8.34. The molecule has 0 spiro atoms. The third kappa shape index (κ3) is 5.66. The monoisotopic (exact) mass is 419 g/mol. The molecular weight excluding hydrogens is 390 g/mol. The van der Waals surface area contributed by atoms with Crippen LogP contribution in [0.1, 0.15) is 50.7 Å². The molecule has 3 aromatic rings. The van der Waals surface area contributed by atoms with E-state index in [4.69, 9.17) is 0 Å². The number of hydrogen-bond acceptors (Lipinski definition) is 5. The first-order valence-electron chi connectivity index (χ1n) is 10.2. The molecule has 0 radical (unpaired) electrons. The normalized spacial score (nSPS) is 13.2. The van der Waals surface area contributed by atoms with Crippen molar-refractivity contribution in [3.05, 3.63) is 60.0 Å². The van der Waals surface area contributed by atoms with Gasteiger partial charge in [-0.05, 0) is 61.6 Å². The van der Waals surface area contributed by atoms with Crippen LogP contribution < -0.4 is 0 Å². The summed E-state index contributed by atoms with van der Waals surface area (Å²) in [4.78, 5) is 9.16. The van der Waals surface area contributed by atoms with Crippen molar-refractivity contribution in [3.8, 4) is 11.3 Å². The van der Waals surface area contributed by atoms with Crippen LogP contribution in [0.25, 0.3) is 11.3 Å². The Morgan fingerprint density at radius 1 is 1.17 bits per heavy atom. The van der Waals surface area contributed by atoms with Crippen LogP contribution in [0.15, 0.2) is 69.2 Å². The van der Waals surface area contributed by atoms with Crippen LogP contribution in [0, 0.1) is 6.92 Å². The molecule has 0 N–H and O–H groups in total. The van der Waals surface area contributed by atoms with E-state index in [-0.39, 0.29) is 0 Å². The Kier molecular flexibility index (Phi) is 7.57. The molecule has 0 saturated carbocycles. The maximum absolute atomic E-state index is 4.64. The highest BCUT2D eigenvalue weighted by Gasteiger charge is 2.14. The summed E-state index contributed by atoms with van der Waals surface area (Å²) in [6.07, 6.45) is 7.45. The van der Waals surface area contributed by atoms with Crippen molar-refractivity contribution in [2.45, 2.75) is 56.5 Å². The fourth-order valence-electron chi connectivity index (χ4n) is 2.87. The van der Waals surface area contributed by atoms with Crippen molar-refractivity contribution in [1.29, 1.82) is 0 Å². The third-order valence-corrected chi connectivity index (χ3v) is 6.13. The second-order valence-corrected chi connectivity index (χ2v) is 8.54. The van der Waals surface area contributed by atoms with Crippen molar-refractivity contribution in [2.24, 2.45) is 17.3 Å². The molecule has 2 aromatic heterocycles. The molecular formula is C24H29N5S. The average Bonchev–Trinajstić information content (AvgIpc) is 3.12. The van der Waals surface area contributed by atoms with Gasteiger partial charge in [0, 0.05) is 30.7 Å². The molecule has 156 valence electrons. The van der Waals surface area contributed by atoms with E-state index < -0.39 is 0 Å². The topological polar surface area (TPSA) is 55.4 Å². The minimum absolute atomic E-state index is 0.384. The molecule has 0 saturated heterocycles. The van der Waals surface area contributed by atoms with Gasteiger partial charge in [0.1, 0.15) is 15.7 Å². The zero-order valence-corrected chi connectivity index (χ0v) is 19.1. The van der Waals surface area contributed by atoms with Gasteiger partial charge < -0.3 is 4.57 Å². The zero-order valence-electron chi connectivity index (χ0n) is 18.3. The standard InChI is InChI=1S/C24H29N5S/c1-6-19(4)28-27-14-13-18(3)20-8-10-21(11-9-20)23-24(29(5)16-26-23)30-22-12-7-17(2)15-25-22/h7-12,14-16,18H,6,13H2,1-5H3/b27-14+,28-19-/t18-/m1/s1. The highest BCUT2D eigenvalue weighted by Crippen LogP contribution is 2.34. The fraction of sp³-hybridized carbons (Fsp3) is 0.333. The van der Waals surface area contributed by atoms with Gasteiger partial charge in [0.2, 0.25) is 0 Å². The molecule has 0 amide bonds. The van der Waals surface area contributed by atoms with E-state index in [9.17, 15) is 0 Å². The van der Waals surface area contributed by atoms with Crippen molar-refractivity contribution >= 4 is 23.7 Å². The first-order chi connectivity index (χ1) is 14.5.